The number of morpholine rings is 1. The number of carbonyl (C=O) groups excluding carboxylic acids is 2. The van der Waals surface area contributed by atoms with Crippen LogP contribution < -0.4 is 10.1 Å². The van der Waals surface area contributed by atoms with Crippen molar-refractivity contribution in [1.29, 1.82) is 0 Å². The zero-order chi connectivity index (χ0) is 21.0. The summed E-state index contributed by atoms with van der Waals surface area (Å²) in [5.74, 6) is 0.0756. The normalized spacial score (nSPS) is 19.6. The number of ether oxygens (including phenoxy) is 3. The molecule has 2 atom stereocenters. The van der Waals surface area contributed by atoms with Crippen molar-refractivity contribution in [3.05, 3.63) is 35.2 Å². The number of benzene rings is 1. The fraction of sp³-hybridized carbons (Fsp3) is 0.429. The molecule has 2 aromatic rings. The van der Waals surface area contributed by atoms with E-state index in [2.05, 4.69) is 10.2 Å². The van der Waals surface area contributed by atoms with Crippen LogP contribution in [-0.2, 0) is 14.3 Å². The van der Waals surface area contributed by atoms with Crippen molar-refractivity contribution in [2.24, 2.45) is 0 Å². The van der Waals surface area contributed by atoms with Crippen molar-refractivity contribution in [3.63, 3.8) is 0 Å². The first-order chi connectivity index (χ1) is 13.9. The van der Waals surface area contributed by atoms with E-state index in [4.69, 9.17) is 14.2 Å². The van der Waals surface area contributed by atoms with Crippen molar-refractivity contribution in [2.45, 2.75) is 26.1 Å². The molecule has 0 radical (unpaired) electrons. The maximum absolute atomic E-state index is 12.6. The van der Waals surface area contributed by atoms with E-state index in [9.17, 15) is 9.59 Å². The van der Waals surface area contributed by atoms with E-state index in [1.165, 1.54) is 18.4 Å². The Morgan fingerprint density at radius 2 is 1.83 bits per heavy atom. The van der Waals surface area contributed by atoms with Gasteiger partial charge in [0.15, 0.2) is 0 Å². The van der Waals surface area contributed by atoms with E-state index in [1.54, 1.807) is 7.11 Å². The maximum Gasteiger partial charge on any atom is 0.341 e. The molecule has 2 heterocycles. The Labute approximate surface area is 174 Å². The van der Waals surface area contributed by atoms with Gasteiger partial charge < -0.3 is 19.5 Å². The van der Waals surface area contributed by atoms with E-state index < -0.39 is 5.97 Å². The Morgan fingerprint density at radius 3 is 2.41 bits per heavy atom. The lowest BCUT2D eigenvalue weighted by Gasteiger charge is -2.34. The highest BCUT2D eigenvalue weighted by molar-refractivity contribution is 7.15. The minimum absolute atomic E-state index is 0.0839. The minimum atomic E-state index is -0.485. The third-order valence-corrected chi connectivity index (χ3v) is 5.59. The second kappa shape index (κ2) is 9.39. The third-order valence-electron chi connectivity index (χ3n) is 4.70. The monoisotopic (exact) mass is 418 g/mol. The summed E-state index contributed by atoms with van der Waals surface area (Å²) in [7, 11) is 2.93. The number of rotatable bonds is 6. The molecule has 7 nitrogen and oxygen atoms in total. The fourth-order valence-electron chi connectivity index (χ4n) is 3.52. The molecule has 1 aliphatic heterocycles. The van der Waals surface area contributed by atoms with Crippen LogP contribution in [0.2, 0.25) is 0 Å². The third kappa shape index (κ3) is 5.14. The number of hydrogen-bond acceptors (Lipinski definition) is 7. The van der Waals surface area contributed by atoms with E-state index in [1.807, 2.05) is 43.5 Å². The molecule has 1 aromatic carbocycles. The number of hydrogen-bond donors (Lipinski definition) is 1. The molecule has 1 fully saturated rings. The Bertz CT molecular complexity index is 854. The number of nitrogens with zero attached hydrogens (tertiary/aromatic N) is 1. The number of esters is 1. The van der Waals surface area contributed by atoms with E-state index >= 15 is 0 Å². The zero-order valence-electron chi connectivity index (χ0n) is 17.1. The summed E-state index contributed by atoms with van der Waals surface area (Å²) in [6, 6.07) is 7.39. The number of thiophene rings is 1. The Morgan fingerprint density at radius 1 is 1.17 bits per heavy atom. The van der Waals surface area contributed by atoms with Gasteiger partial charge in [0.25, 0.3) is 0 Å². The van der Waals surface area contributed by atoms with Gasteiger partial charge in [0.2, 0.25) is 5.91 Å². The standard InChI is InChI=1S/C21H26N2O5S/c1-13-9-23(10-14(2)28-13)11-18(24)22-20-19(21(25)27-4)17(12-29-20)15-5-7-16(26-3)8-6-15/h5-8,12-14H,9-11H2,1-4H3,(H,22,24). The summed E-state index contributed by atoms with van der Waals surface area (Å²) in [6.45, 7) is 5.63. The summed E-state index contributed by atoms with van der Waals surface area (Å²) < 4.78 is 15.9. The summed E-state index contributed by atoms with van der Waals surface area (Å²) in [5, 5.41) is 5.22. The van der Waals surface area contributed by atoms with Crippen LogP contribution in [0.4, 0.5) is 5.00 Å². The van der Waals surface area contributed by atoms with Crippen molar-refractivity contribution in [1.82, 2.24) is 4.90 Å². The molecule has 1 N–H and O–H groups in total. The number of amides is 1. The molecule has 2 unspecified atom stereocenters. The second-order valence-electron chi connectivity index (χ2n) is 7.07. The summed E-state index contributed by atoms with van der Waals surface area (Å²) in [6.07, 6.45) is 0.168. The smallest absolute Gasteiger partial charge is 0.341 e. The molecule has 1 aliphatic rings. The average molecular weight is 419 g/mol. The zero-order valence-corrected chi connectivity index (χ0v) is 17.9. The lowest BCUT2D eigenvalue weighted by molar-refractivity contribution is -0.121. The quantitative estimate of drug-likeness (QED) is 0.726. The van der Waals surface area contributed by atoms with Gasteiger partial charge in [0.05, 0.1) is 33.0 Å². The van der Waals surface area contributed by atoms with Gasteiger partial charge in [-0.05, 0) is 31.5 Å². The Hall–Kier alpha value is -2.42. The Kier molecular flexibility index (Phi) is 6.89. The second-order valence-corrected chi connectivity index (χ2v) is 7.95. The molecule has 0 saturated carbocycles. The number of anilines is 1. The van der Waals surface area contributed by atoms with E-state index in [-0.39, 0.29) is 24.7 Å². The van der Waals surface area contributed by atoms with Crippen molar-refractivity contribution >= 4 is 28.2 Å². The highest BCUT2D eigenvalue weighted by atomic mass is 32.1. The summed E-state index contributed by atoms with van der Waals surface area (Å²) in [4.78, 5) is 27.1. The lowest BCUT2D eigenvalue weighted by atomic mass is 10.0. The fourth-order valence-corrected chi connectivity index (χ4v) is 4.49. The predicted molar refractivity (Wildman–Crippen MR) is 113 cm³/mol. The van der Waals surface area contributed by atoms with Crippen LogP contribution in [0.25, 0.3) is 11.1 Å². The van der Waals surface area contributed by atoms with Crippen LogP contribution in [-0.4, -0.2) is 62.8 Å². The van der Waals surface area contributed by atoms with Crippen molar-refractivity contribution < 1.29 is 23.8 Å². The first kappa shape index (κ1) is 21.3. The average Bonchev–Trinajstić information content (AvgIpc) is 3.09. The molecule has 156 valence electrons. The highest BCUT2D eigenvalue weighted by Crippen LogP contribution is 2.36. The van der Waals surface area contributed by atoms with Crippen LogP contribution in [0, 0.1) is 0 Å². The number of nitrogens with one attached hydrogen (secondary N) is 1. The van der Waals surface area contributed by atoms with Gasteiger partial charge >= 0.3 is 5.97 Å². The van der Waals surface area contributed by atoms with Crippen LogP contribution >= 0.6 is 11.3 Å². The van der Waals surface area contributed by atoms with Crippen LogP contribution in [0.1, 0.15) is 24.2 Å². The van der Waals surface area contributed by atoms with Gasteiger partial charge in [-0.25, -0.2) is 4.79 Å². The molecule has 3 rings (SSSR count). The minimum Gasteiger partial charge on any atom is -0.497 e. The SMILES string of the molecule is COC(=O)c1c(-c2ccc(OC)cc2)csc1NC(=O)CN1CC(C)OC(C)C1. The molecule has 0 spiro atoms. The number of carbonyl (C=O) groups is 2. The lowest BCUT2D eigenvalue weighted by Crippen LogP contribution is -2.48. The largest absolute Gasteiger partial charge is 0.497 e. The molecule has 29 heavy (non-hydrogen) atoms. The molecule has 1 amide bonds. The van der Waals surface area contributed by atoms with Gasteiger partial charge in [-0.1, -0.05) is 12.1 Å². The van der Waals surface area contributed by atoms with Gasteiger partial charge in [-0.2, -0.15) is 0 Å². The number of methoxy groups -OCH3 is 2. The predicted octanol–water partition coefficient (Wildman–Crippen LogP) is 3.26. The van der Waals surface area contributed by atoms with Crippen molar-refractivity contribution in [2.75, 3.05) is 39.2 Å². The van der Waals surface area contributed by atoms with Crippen LogP contribution in [0.15, 0.2) is 29.6 Å². The topological polar surface area (TPSA) is 77.1 Å². The van der Waals surface area contributed by atoms with Crippen molar-refractivity contribution in [3.8, 4) is 16.9 Å². The molecule has 0 bridgehead atoms. The first-order valence-electron chi connectivity index (χ1n) is 9.43. The van der Waals surface area contributed by atoms with Gasteiger partial charge in [0, 0.05) is 24.0 Å². The molecule has 8 heteroatoms. The molecule has 0 aliphatic carbocycles. The van der Waals surface area contributed by atoms with Crippen LogP contribution in [0.3, 0.4) is 0 Å². The Balaban J connectivity index is 1.79. The van der Waals surface area contributed by atoms with E-state index in [0.29, 0.717) is 29.2 Å². The van der Waals surface area contributed by atoms with Gasteiger partial charge in [-0.15, -0.1) is 11.3 Å². The molecular weight excluding hydrogens is 392 g/mol. The maximum atomic E-state index is 12.6. The van der Waals surface area contributed by atoms with Gasteiger partial charge in [0.1, 0.15) is 16.3 Å². The molecule has 1 saturated heterocycles. The summed E-state index contributed by atoms with van der Waals surface area (Å²) >= 11 is 1.31. The van der Waals surface area contributed by atoms with E-state index in [0.717, 1.165) is 11.3 Å². The molecule has 1 aromatic heterocycles. The highest BCUT2D eigenvalue weighted by Gasteiger charge is 2.26. The first-order valence-corrected chi connectivity index (χ1v) is 10.3. The van der Waals surface area contributed by atoms with Gasteiger partial charge in [-0.3, -0.25) is 9.69 Å². The van der Waals surface area contributed by atoms with Crippen LogP contribution in [0.5, 0.6) is 5.75 Å². The molecular formula is C21H26N2O5S. The summed E-state index contributed by atoms with van der Waals surface area (Å²) in [5.41, 5.74) is 1.92.